The number of halogens is 2. The van der Waals surface area contributed by atoms with Gasteiger partial charge in [0, 0.05) is 35.8 Å². The van der Waals surface area contributed by atoms with Crippen LogP contribution in [0.2, 0.25) is 10.0 Å². The van der Waals surface area contributed by atoms with Gasteiger partial charge in [-0.2, -0.15) is 0 Å². The van der Waals surface area contributed by atoms with Gasteiger partial charge in [-0.15, -0.1) is 0 Å². The molecule has 5 heteroatoms. The van der Waals surface area contributed by atoms with Crippen molar-refractivity contribution in [1.82, 2.24) is 4.90 Å². The Morgan fingerprint density at radius 1 is 1.43 bits per heavy atom. The molecule has 114 valence electrons. The average Bonchev–Trinajstić information content (AvgIpc) is 2.48. The summed E-state index contributed by atoms with van der Waals surface area (Å²) in [6, 6.07) is 5.16. The van der Waals surface area contributed by atoms with E-state index in [1.165, 1.54) is 0 Å². The van der Waals surface area contributed by atoms with Gasteiger partial charge in [0.15, 0.2) is 0 Å². The zero-order valence-corrected chi connectivity index (χ0v) is 13.3. The second-order valence-electron chi connectivity index (χ2n) is 5.30. The number of amides is 1. The molecule has 0 bridgehead atoms. The molecule has 1 fully saturated rings. The van der Waals surface area contributed by atoms with Crippen LogP contribution in [-0.2, 0) is 4.79 Å². The molecule has 1 saturated heterocycles. The zero-order chi connectivity index (χ0) is 15.2. The highest BCUT2D eigenvalue weighted by atomic mass is 35.5. The lowest BCUT2D eigenvalue weighted by molar-refractivity contribution is -0.127. The third kappa shape index (κ3) is 4.73. The highest BCUT2D eigenvalue weighted by molar-refractivity contribution is 6.34. The van der Waals surface area contributed by atoms with Crippen molar-refractivity contribution in [2.45, 2.75) is 19.3 Å². The number of carbonyl (C=O) groups excluding carboxylic acids is 1. The molecule has 1 atom stereocenters. The maximum Gasteiger partial charge on any atom is 0.246 e. The summed E-state index contributed by atoms with van der Waals surface area (Å²) in [5.74, 6) is 0.379. The fourth-order valence-electron chi connectivity index (χ4n) is 2.59. The third-order valence-electron chi connectivity index (χ3n) is 3.73. The van der Waals surface area contributed by atoms with Gasteiger partial charge in [-0.3, -0.25) is 4.79 Å². The summed E-state index contributed by atoms with van der Waals surface area (Å²) in [5, 5.41) is 10.2. The lowest BCUT2D eigenvalue weighted by Crippen LogP contribution is -2.39. The Labute approximate surface area is 135 Å². The number of likely N-dealkylation sites (tertiary alicyclic amines) is 1. The Hall–Kier alpha value is -1.03. The molecule has 1 aliphatic rings. The maximum atomic E-state index is 12.2. The van der Waals surface area contributed by atoms with Crippen LogP contribution in [0.5, 0.6) is 0 Å². The van der Waals surface area contributed by atoms with Crippen LogP contribution in [0.25, 0.3) is 6.08 Å². The Morgan fingerprint density at radius 3 is 3.00 bits per heavy atom. The Balaban J connectivity index is 2.00. The number of carbonyl (C=O) groups is 1. The van der Waals surface area contributed by atoms with E-state index in [1.807, 2.05) is 4.90 Å². The molecule has 1 heterocycles. The van der Waals surface area contributed by atoms with E-state index in [4.69, 9.17) is 28.3 Å². The van der Waals surface area contributed by atoms with E-state index >= 15 is 0 Å². The fraction of sp³-hybridized carbons (Fsp3) is 0.438. The predicted octanol–water partition coefficient (Wildman–Crippen LogP) is 3.63. The number of aliphatic hydroxyl groups excluding tert-OH is 1. The third-order valence-corrected chi connectivity index (χ3v) is 4.31. The molecule has 2 rings (SSSR count). The molecule has 21 heavy (non-hydrogen) atoms. The second kappa shape index (κ2) is 7.83. The Bertz CT molecular complexity index is 529. The van der Waals surface area contributed by atoms with Crippen molar-refractivity contribution < 1.29 is 9.90 Å². The summed E-state index contributed by atoms with van der Waals surface area (Å²) in [5.41, 5.74) is 0.737. The van der Waals surface area contributed by atoms with Gasteiger partial charge in [-0.05, 0) is 55.0 Å². The molecule has 3 nitrogen and oxygen atoms in total. The number of hydrogen-bond acceptors (Lipinski definition) is 2. The quantitative estimate of drug-likeness (QED) is 0.858. The number of nitrogens with zero attached hydrogens (tertiary/aromatic N) is 1. The van der Waals surface area contributed by atoms with Crippen LogP contribution in [0, 0.1) is 5.92 Å². The highest BCUT2D eigenvalue weighted by Crippen LogP contribution is 2.23. The summed E-state index contributed by atoms with van der Waals surface area (Å²) in [6.45, 7) is 1.67. The Kier molecular flexibility index (Phi) is 6.09. The molecular weight excluding hydrogens is 309 g/mol. The Morgan fingerprint density at radius 2 is 2.24 bits per heavy atom. The molecule has 0 spiro atoms. The molecule has 0 aliphatic carbocycles. The summed E-state index contributed by atoms with van der Waals surface area (Å²) >= 11 is 12.0. The zero-order valence-electron chi connectivity index (χ0n) is 11.8. The predicted molar refractivity (Wildman–Crippen MR) is 86.5 cm³/mol. The van der Waals surface area contributed by atoms with Gasteiger partial charge in [0.1, 0.15) is 0 Å². The maximum absolute atomic E-state index is 12.2. The molecule has 1 aromatic rings. The van der Waals surface area contributed by atoms with Gasteiger partial charge in [0.05, 0.1) is 0 Å². The number of aliphatic hydroxyl groups is 1. The van der Waals surface area contributed by atoms with Crippen LogP contribution in [0.1, 0.15) is 24.8 Å². The van der Waals surface area contributed by atoms with Crippen LogP contribution in [0.15, 0.2) is 24.3 Å². The molecule has 1 aliphatic heterocycles. The minimum atomic E-state index is -0.0197. The summed E-state index contributed by atoms with van der Waals surface area (Å²) in [4.78, 5) is 14.1. The molecule has 1 N–H and O–H groups in total. The number of rotatable bonds is 4. The van der Waals surface area contributed by atoms with Gasteiger partial charge >= 0.3 is 0 Å². The molecule has 1 unspecified atom stereocenters. The van der Waals surface area contributed by atoms with Gasteiger partial charge in [-0.1, -0.05) is 23.2 Å². The van der Waals surface area contributed by atoms with Crippen molar-refractivity contribution in [3.05, 3.63) is 39.9 Å². The molecule has 1 amide bonds. The lowest BCUT2D eigenvalue weighted by atomic mass is 9.95. The van der Waals surface area contributed by atoms with Crippen LogP contribution < -0.4 is 0 Å². The lowest BCUT2D eigenvalue weighted by Gasteiger charge is -2.31. The summed E-state index contributed by atoms with van der Waals surface area (Å²) in [7, 11) is 0. The van der Waals surface area contributed by atoms with Crippen LogP contribution in [0.3, 0.4) is 0 Å². The van der Waals surface area contributed by atoms with E-state index in [2.05, 4.69) is 0 Å². The van der Waals surface area contributed by atoms with E-state index in [0.717, 1.165) is 31.4 Å². The first-order chi connectivity index (χ1) is 10.1. The monoisotopic (exact) mass is 327 g/mol. The number of benzene rings is 1. The standard InChI is InChI=1S/C16H19Cl2NO2/c17-14-4-5-15(18)13(10-14)3-6-16(21)19-8-1-2-12(11-19)7-9-20/h3-6,10,12,20H,1-2,7-9,11H2. The van der Waals surface area contributed by atoms with E-state index in [9.17, 15) is 4.79 Å². The SMILES string of the molecule is O=C(C=Cc1cc(Cl)ccc1Cl)N1CCCC(CCO)C1. The number of hydrogen-bond donors (Lipinski definition) is 1. The second-order valence-corrected chi connectivity index (χ2v) is 6.15. The molecule has 1 aromatic carbocycles. The van der Waals surface area contributed by atoms with E-state index in [0.29, 0.717) is 22.5 Å². The van der Waals surface area contributed by atoms with Gasteiger partial charge in [0.25, 0.3) is 0 Å². The molecule has 0 radical (unpaired) electrons. The normalized spacial score (nSPS) is 19.2. The van der Waals surface area contributed by atoms with Crippen molar-refractivity contribution >= 4 is 35.2 Å². The van der Waals surface area contributed by atoms with E-state index in [1.54, 1.807) is 30.4 Å². The van der Waals surface area contributed by atoms with Crippen molar-refractivity contribution in [2.24, 2.45) is 5.92 Å². The average molecular weight is 328 g/mol. The minimum Gasteiger partial charge on any atom is -0.396 e. The van der Waals surface area contributed by atoms with Gasteiger partial charge in [-0.25, -0.2) is 0 Å². The van der Waals surface area contributed by atoms with Crippen molar-refractivity contribution in [2.75, 3.05) is 19.7 Å². The smallest absolute Gasteiger partial charge is 0.246 e. The van der Waals surface area contributed by atoms with Crippen LogP contribution in [-0.4, -0.2) is 35.6 Å². The summed E-state index contributed by atoms with van der Waals surface area (Å²) in [6.07, 6.45) is 6.06. The topological polar surface area (TPSA) is 40.5 Å². The van der Waals surface area contributed by atoms with Crippen LogP contribution in [0.4, 0.5) is 0 Å². The molecule has 0 aromatic heterocycles. The highest BCUT2D eigenvalue weighted by Gasteiger charge is 2.21. The first kappa shape index (κ1) is 16.3. The van der Waals surface area contributed by atoms with Crippen molar-refractivity contribution in [3.8, 4) is 0 Å². The van der Waals surface area contributed by atoms with Crippen LogP contribution >= 0.6 is 23.2 Å². The largest absolute Gasteiger partial charge is 0.396 e. The van der Waals surface area contributed by atoms with Crippen molar-refractivity contribution in [1.29, 1.82) is 0 Å². The fourth-order valence-corrected chi connectivity index (χ4v) is 2.95. The number of piperidine rings is 1. The first-order valence-corrected chi connectivity index (χ1v) is 7.88. The van der Waals surface area contributed by atoms with Crippen molar-refractivity contribution in [3.63, 3.8) is 0 Å². The van der Waals surface area contributed by atoms with Gasteiger partial charge < -0.3 is 10.0 Å². The molecule has 0 saturated carbocycles. The van der Waals surface area contributed by atoms with Gasteiger partial charge in [0.2, 0.25) is 5.91 Å². The molecular formula is C16H19Cl2NO2. The first-order valence-electron chi connectivity index (χ1n) is 7.13. The summed E-state index contributed by atoms with van der Waals surface area (Å²) < 4.78 is 0. The van der Waals surface area contributed by atoms with E-state index in [-0.39, 0.29) is 12.5 Å². The van der Waals surface area contributed by atoms with E-state index < -0.39 is 0 Å². The minimum absolute atomic E-state index is 0.0197.